The number of carbonyl (C=O) groups is 2. The van der Waals surface area contributed by atoms with Crippen molar-refractivity contribution in [2.75, 3.05) is 13.2 Å². The Balaban J connectivity index is 1.71. The summed E-state index contributed by atoms with van der Waals surface area (Å²) in [5.74, 6) is -0.226. The highest BCUT2D eigenvalue weighted by molar-refractivity contribution is 6.09. The topological polar surface area (TPSA) is 53.9 Å². The van der Waals surface area contributed by atoms with Gasteiger partial charge in [-0.05, 0) is 43.0 Å². The van der Waals surface area contributed by atoms with Crippen molar-refractivity contribution < 1.29 is 14.5 Å². The molecule has 2 atom stereocenters. The lowest BCUT2D eigenvalue weighted by molar-refractivity contribution is -0.919. The van der Waals surface area contributed by atoms with E-state index in [2.05, 4.69) is 24.4 Å². The Bertz CT molecular complexity index is 1110. The Morgan fingerprint density at radius 2 is 1.50 bits per heavy atom. The van der Waals surface area contributed by atoms with Crippen LogP contribution in [0.25, 0.3) is 0 Å². The van der Waals surface area contributed by atoms with Gasteiger partial charge in [0, 0.05) is 5.56 Å². The third-order valence-corrected chi connectivity index (χ3v) is 6.43. The molecular formula is C27H30N3O2+. The van der Waals surface area contributed by atoms with Crippen molar-refractivity contribution in [3.63, 3.8) is 0 Å². The van der Waals surface area contributed by atoms with E-state index in [1.54, 1.807) is 0 Å². The van der Waals surface area contributed by atoms with E-state index in [0.717, 1.165) is 40.2 Å². The van der Waals surface area contributed by atoms with Crippen LogP contribution in [0.5, 0.6) is 0 Å². The van der Waals surface area contributed by atoms with Gasteiger partial charge in [0.05, 0.1) is 6.54 Å². The zero-order chi connectivity index (χ0) is 22.7. The minimum absolute atomic E-state index is 0.226. The van der Waals surface area contributed by atoms with E-state index >= 15 is 0 Å². The van der Waals surface area contributed by atoms with Crippen LogP contribution in [0.1, 0.15) is 34.7 Å². The maximum atomic E-state index is 14.0. The van der Waals surface area contributed by atoms with Crippen LogP contribution in [0.15, 0.2) is 78.9 Å². The molecule has 0 aliphatic carbocycles. The molecule has 4 rings (SSSR count). The van der Waals surface area contributed by atoms with Crippen LogP contribution in [0, 0.1) is 13.8 Å². The molecule has 0 bridgehead atoms. The number of imide groups is 1. The minimum atomic E-state index is -1.22. The van der Waals surface area contributed by atoms with Gasteiger partial charge in [0.2, 0.25) is 0 Å². The summed E-state index contributed by atoms with van der Waals surface area (Å²) >= 11 is 0. The van der Waals surface area contributed by atoms with Gasteiger partial charge in [0.1, 0.15) is 6.54 Å². The molecule has 164 valence electrons. The van der Waals surface area contributed by atoms with Crippen molar-refractivity contribution >= 4 is 11.9 Å². The van der Waals surface area contributed by atoms with Crippen molar-refractivity contribution in [2.45, 2.75) is 32.9 Å². The molecule has 3 aromatic rings. The number of amides is 3. The first-order chi connectivity index (χ1) is 15.5. The van der Waals surface area contributed by atoms with E-state index in [0.29, 0.717) is 6.67 Å². The molecule has 32 heavy (non-hydrogen) atoms. The first-order valence-corrected chi connectivity index (χ1v) is 11.1. The molecule has 3 amide bonds. The van der Waals surface area contributed by atoms with Gasteiger partial charge in [-0.1, -0.05) is 78.9 Å². The Morgan fingerprint density at radius 1 is 0.844 bits per heavy atom. The lowest BCUT2D eigenvalue weighted by atomic mass is 9.81. The summed E-state index contributed by atoms with van der Waals surface area (Å²) in [5.41, 5.74) is 3.75. The summed E-state index contributed by atoms with van der Waals surface area (Å²) in [4.78, 5) is 29.7. The van der Waals surface area contributed by atoms with E-state index in [1.165, 1.54) is 10.5 Å². The molecule has 5 nitrogen and oxygen atoms in total. The number of hydrogen-bond acceptors (Lipinski definition) is 2. The number of urea groups is 1. The van der Waals surface area contributed by atoms with E-state index in [-0.39, 0.29) is 11.9 Å². The van der Waals surface area contributed by atoms with Crippen LogP contribution >= 0.6 is 0 Å². The summed E-state index contributed by atoms with van der Waals surface area (Å²) in [6, 6.07) is 25.3. The van der Waals surface area contributed by atoms with E-state index < -0.39 is 5.54 Å². The van der Waals surface area contributed by atoms with Gasteiger partial charge in [0.15, 0.2) is 12.2 Å². The van der Waals surface area contributed by atoms with Gasteiger partial charge < -0.3 is 10.2 Å². The SMILES string of the molecule is CC[NH+](Cc1ccccc1)CN1C(=O)N[C@](c2ccccc2)(c2ccc(C)c(C)c2)C1=O. The first kappa shape index (κ1) is 21.8. The van der Waals surface area contributed by atoms with Crippen LogP contribution in [-0.2, 0) is 16.9 Å². The normalized spacial score (nSPS) is 19.2. The molecule has 3 aromatic carbocycles. The quantitative estimate of drug-likeness (QED) is 0.568. The third-order valence-electron chi connectivity index (χ3n) is 6.43. The molecule has 1 saturated heterocycles. The molecule has 1 fully saturated rings. The van der Waals surface area contributed by atoms with Crippen LogP contribution in [0.4, 0.5) is 4.79 Å². The van der Waals surface area contributed by atoms with E-state index in [4.69, 9.17) is 0 Å². The van der Waals surface area contributed by atoms with Crippen molar-refractivity contribution in [1.29, 1.82) is 0 Å². The second-order valence-corrected chi connectivity index (χ2v) is 8.50. The minimum Gasteiger partial charge on any atom is -0.315 e. The van der Waals surface area contributed by atoms with E-state index in [9.17, 15) is 9.59 Å². The fourth-order valence-electron chi connectivity index (χ4n) is 4.34. The van der Waals surface area contributed by atoms with Gasteiger partial charge in [-0.2, -0.15) is 0 Å². The Labute approximate surface area is 189 Å². The molecule has 0 radical (unpaired) electrons. The summed E-state index contributed by atoms with van der Waals surface area (Å²) in [5, 5.41) is 3.06. The molecule has 0 saturated carbocycles. The number of benzene rings is 3. The third kappa shape index (κ3) is 3.92. The molecule has 2 N–H and O–H groups in total. The average molecular weight is 429 g/mol. The van der Waals surface area contributed by atoms with Crippen molar-refractivity contribution in [1.82, 2.24) is 10.2 Å². The van der Waals surface area contributed by atoms with Crippen molar-refractivity contribution in [3.8, 4) is 0 Å². The molecule has 5 heteroatoms. The average Bonchev–Trinajstić information content (AvgIpc) is 3.07. The van der Waals surface area contributed by atoms with Gasteiger partial charge in [0.25, 0.3) is 5.91 Å². The van der Waals surface area contributed by atoms with Crippen LogP contribution in [-0.4, -0.2) is 30.1 Å². The second kappa shape index (κ2) is 8.97. The standard InChI is InChI=1S/C27H29N3O2/c1-4-29(18-22-11-7-5-8-12-22)19-30-25(31)27(28-26(30)32,23-13-9-6-10-14-23)24-16-15-20(2)21(3)17-24/h5-17H,4,18-19H2,1-3H3,(H,28,32)/p+1/t27-/m1/s1. The first-order valence-electron chi connectivity index (χ1n) is 11.1. The van der Waals surface area contributed by atoms with E-state index in [1.807, 2.05) is 80.6 Å². The van der Waals surface area contributed by atoms with Crippen LogP contribution in [0.3, 0.4) is 0 Å². The highest BCUT2D eigenvalue weighted by Crippen LogP contribution is 2.36. The smallest absolute Gasteiger partial charge is 0.315 e. The molecule has 0 spiro atoms. The number of hydrogen-bond donors (Lipinski definition) is 2. The van der Waals surface area contributed by atoms with Crippen LogP contribution in [0.2, 0.25) is 0 Å². The monoisotopic (exact) mass is 428 g/mol. The number of nitrogens with zero attached hydrogens (tertiary/aromatic N) is 1. The number of nitrogens with one attached hydrogen (secondary N) is 2. The highest BCUT2D eigenvalue weighted by Gasteiger charge is 2.54. The van der Waals surface area contributed by atoms with Gasteiger partial charge in [-0.3, -0.25) is 4.79 Å². The fraction of sp³-hybridized carbons (Fsp3) is 0.259. The second-order valence-electron chi connectivity index (χ2n) is 8.50. The van der Waals surface area contributed by atoms with Crippen molar-refractivity contribution in [2.24, 2.45) is 0 Å². The molecule has 1 heterocycles. The number of rotatable bonds is 7. The summed E-state index contributed by atoms with van der Waals surface area (Å²) < 4.78 is 0. The molecule has 1 aliphatic heterocycles. The molecule has 1 aliphatic rings. The Kier molecular flexibility index (Phi) is 6.10. The van der Waals surface area contributed by atoms with Crippen molar-refractivity contribution in [3.05, 3.63) is 107 Å². The van der Waals surface area contributed by atoms with Crippen LogP contribution < -0.4 is 10.2 Å². The lowest BCUT2D eigenvalue weighted by Crippen LogP contribution is -3.12. The molecule has 0 aromatic heterocycles. The molecule has 1 unspecified atom stereocenters. The Hall–Kier alpha value is -3.44. The zero-order valence-electron chi connectivity index (χ0n) is 18.9. The number of quaternary nitrogens is 1. The predicted octanol–water partition coefficient (Wildman–Crippen LogP) is 3.16. The van der Waals surface area contributed by atoms with Gasteiger partial charge in [-0.25, -0.2) is 9.69 Å². The number of carbonyl (C=O) groups excluding carboxylic acids is 2. The summed E-state index contributed by atoms with van der Waals surface area (Å²) in [6.07, 6.45) is 0. The maximum Gasteiger partial charge on any atom is 0.330 e. The lowest BCUT2D eigenvalue weighted by Gasteiger charge is -2.29. The van der Waals surface area contributed by atoms with Gasteiger partial charge in [-0.15, -0.1) is 0 Å². The Morgan fingerprint density at radius 3 is 2.12 bits per heavy atom. The maximum absolute atomic E-state index is 14.0. The van der Waals surface area contributed by atoms with Gasteiger partial charge >= 0.3 is 6.03 Å². The zero-order valence-corrected chi connectivity index (χ0v) is 18.9. The predicted molar refractivity (Wildman–Crippen MR) is 125 cm³/mol. The fourth-order valence-corrected chi connectivity index (χ4v) is 4.34. The number of aryl methyl sites for hydroxylation is 2. The molecular weight excluding hydrogens is 398 g/mol. The highest BCUT2D eigenvalue weighted by atomic mass is 16.2. The summed E-state index contributed by atoms with van der Waals surface area (Å²) in [7, 11) is 0. The largest absolute Gasteiger partial charge is 0.330 e. The summed E-state index contributed by atoms with van der Waals surface area (Å²) in [6.45, 7) is 8.01.